The smallest absolute Gasteiger partial charge is 0.408 e. The summed E-state index contributed by atoms with van der Waals surface area (Å²) in [5.41, 5.74) is -0.181. The van der Waals surface area contributed by atoms with Crippen LogP contribution in [0.2, 0.25) is 0 Å². The van der Waals surface area contributed by atoms with Crippen LogP contribution in [-0.4, -0.2) is 64.7 Å². The van der Waals surface area contributed by atoms with Gasteiger partial charge in [0.15, 0.2) is 0 Å². The second-order valence-electron chi connectivity index (χ2n) is 10.2. The second kappa shape index (κ2) is 17.2. The summed E-state index contributed by atoms with van der Waals surface area (Å²) in [5.74, 6) is 0.0307. The molecule has 0 radical (unpaired) electrons. The summed E-state index contributed by atoms with van der Waals surface area (Å²) in [6.45, 7) is 10.3. The summed E-state index contributed by atoms with van der Waals surface area (Å²) < 4.78 is 5.42. The molecule has 8 nitrogen and oxygen atoms in total. The Morgan fingerprint density at radius 2 is 1.76 bits per heavy atom. The largest absolute Gasteiger partial charge is 0.508 e. The first-order valence-electron chi connectivity index (χ1n) is 13.4. The molecule has 3 N–H and O–H groups in total. The molecular weight excluding hydrogens is 490 g/mol. The van der Waals surface area contributed by atoms with Crippen molar-refractivity contribution in [1.82, 2.24) is 15.5 Å². The molecule has 2 atom stereocenters. The monoisotopic (exact) mass is 537 g/mol. The average Bonchev–Trinajstić information content (AvgIpc) is 2.82. The summed E-state index contributed by atoms with van der Waals surface area (Å²) in [7, 11) is 0. The first kappa shape index (κ1) is 32.6. The first-order valence-corrected chi connectivity index (χ1v) is 14.8. The zero-order valence-corrected chi connectivity index (χ0v) is 24.3. The van der Waals surface area contributed by atoms with Crippen molar-refractivity contribution < 1.29 is 24.2 Å². The van der Waals surface area contributed by atoms with Crippen molar-refractivity contribution in [1.29, 1.82) is 0 Å². The normalized spacial score (nSPS) is 12.9. The van der Waals surface area contributed by atoms with Crippen LogP contribution in [0.4, 0.5) is 4.79 Å². The lowest BCUT2D eigenvalue weighted by Gasteiger charge is -2.34. The van der Waals surface area contributed by atoms with E-state index in [1.54, 1.807) is 49.6 Å². The Kier molecular flexibility index (Phi) is 15.1. The van der Waals surface area contributed by atoms with E-state index in [2.05, 4.69) is 24.5 Å². The maximum atomic E-state index is 14.0. The van der Waals surface area contributed by atoms with Gasteiger partial charge in [-0.2, -0.15) is 11.8 Å². The number of carbonyl (C=O) groups excluding carboxylic acids is 3. The van der Waals surface area contributed by atoms with Gasteiger partial charge in [-0.1, -0.05) is 51.7 Å². The van der Waals surface area contributed by atoms with Gasteiger partial charge in [0.2, 0.25) is 11.8 Å². The Morgan fingerprint density at radius 3 is 2.35 bits per heavy atom. The lowest BCUT2D eigenvalue weighted by atomic mass is 10.0. The SMILES string of the molecule is CCCCCNC(=O)C(c1cccc(O)c1)N(CCCCC)C(=O)C(CCSC)NC(=O)OC(C)(C)C. The van der Waals surface area contributed by atoms with E-state index in [1.807, 2.05) is 6.26 Å². The maximum Gasteiger partial charge on any atom is 0.408 e. The molecule has 210 valence electrons. The number of unbranched alkanes of at least 4 members (excludes halogenated alkanes) is 4. The van der Waals surface area contributed by atoms with E-state index < -0.39 is 23.8 Å². The zero-order chi connectivity index (χ0) is 27.8. The van der Waals surface area contributed by atoms with Crippen molar-refractivity contribution >= 4 is 29.7 Å². The number of nitrogens with one attached hydrogen (secondary N) is 2. The molecule has 0 aromatic heterocycles. The third-order valence-electron chi connectivity index (χ3n) is 5.71. The van der Waals surface area contributed by atoms with E-state index in [0.29, 0.717) is 37.2 Å². The minimum Gasteiger partial charge on any atom is -0.508 e. The molecular formula is C28H47N3O5S. The molecule has 1 rings (SSSR count). The van der Waals surface area contributed by atoms with Gasteiger partial charge in [-0.25, -0.2) is 4.79 Å². The van der Waals surface area contributed by atoms with Crippen LogP contribution in [0, 0.1) is 0 Å². The number of phenolic OH excluding ortho intramolecular Hbond substituents is 1. The minimum absolute atomic E-state index is 0.0213. The van der Waals surface area contributed by atoms with E-state index in [4.69, 9.17) is 4.74 Å². The molecule has 0 spiro atoms. The number of phenols is 1. The van der Waals surface area contributed by atoms with Gasteiger partial charge < -0.3 is 25.4 Å². The van der Waals surface area contributed by atoms with E-state index in [0.717, 1.165) is 32.1 Å². The lowest BCUT2D eigenvalue weighted by Crippen LogP contribution is -2.53. The summed E-state index contributed by atoms with van der Waals surface area (Å²) in [6.07, 6.45) is 7.09. The molecule has 0 bridgehead atoms. The van der Waals surface area contributed by atoms with Crippen LogP contribution in [0.5, 0.6) is 5.75 Å². The van der Waals surface area contributed by atoms with Gasteiger partial charge in [-0.3, -0.25) is 9.59 Å². The Balaban J connectivity index is 3.38. The van der Waals surface area contributed by atoms with Gasteiger partial charge in [0.25, 0.3) is 0 Å². The molecule has 0 fully saturated rings. The third kappa shape index (κ3) is 12.6. The van der Waals surface area contributed by atoms with E-state index in [9.17, 15) is 19.5 Å². The van der Waals surface area contributed by atoms with Crippen LogP contribution in [-0.2, 0) is 14.3 Å². The van der Waals surface area contributed by atoms with Gasteiger partial charge in [-0.05, 0) is 69.7 Å². The molecule has 9 heteroatoms. The number of thioether (sulfide) groups is 1. The molecule has 0 aliphatic carbocycles. The Morgan fingerprint density at radius 1 is 1.08 bits per heavy atom. The molecule has 1 aromatic rings. The highest BCUT2D eigenvalue weighted by atomic mass is 32.2. The molecule has 1 aromatic carbocycles. The molecule has 3 amide bonds. The van der Waals surface area contributed by atoms with E-state index in [1.165, 1.54) is 12.1 Å². The summed E-state index contributed by atoms with van der Waals surface area (Å²) >= 11 is 1.57. The molecule has 2 unspecified atom stereocenters. The number of nitrogens with zero attached hydrogens (tertiary/aromatic N) is 1. The number of alkyl carbamates (subject to hydrolysis) is 1. The molecule has 0 aliphatic heterocycles. The average molecular weight is 538 g/mol. The van der Waals surface area contributed by atoms with Gasteiger partial charge in [0.1, 0.15) is 23.4 Å². The van der Waals surface area contributed by atoms with Gasteiger partial charge in [-0.15, -0.1) is 0 Å². The Hall–Kier alpha value is -2.42. The van der Waals surface area contributed by atoms with Crippen LogP contribution in [0.25, 0.3) is 0 Å². The minimum atomic E-state index is -0.935. The first-order chi connectivity index (χ1) is 17.5. The standard InChI is InChI=1S/C28H47N3O5S/c1-7-9-11-17-29-25(33)24(21-14-13-15-22(32)20-21)31(18-12-10-8-2)26(34)23(16-19-37-6)30-27(35)36-28(3,4)5/h13-15,20,23-24,32H,7-12,16-19H2,1-6H3,(H,29,33)(H,30,35). The summed E-state index contributed by atoms with van der Waals surface area (Å²) in [4.78, 5) is 41.7. The predicted molar refractivity (Wildman–Crippen MR) is 151 cm³/mol. The van der Waals surface area contributed by atoms with Crippen molar-refractivity contribution in [2.75, 3.05) is 25.1 Å². The summed E-state index contributed by atoms with van der Waals surface area (Å²) in [6, 6.07) is 4.69. The summed E-state index contributed by atoms with van der Waals surface area (Å²) in [5, 5.41) is 15.9. The Labute approximate surface area is 227 Å². The van der Waals surface area contributed by atoms with Crippen LogP contribution in [0.1, 0.15) is 91.2 Å². The Bertz CT molecular complexity index is 843. The zero-order valence-electron chi connectivity index (χ0n) is 23.5. The van der Waals surface area contributed by atoms with Crippen molar-refractivity contribution in [3.8, 4) is 5.75 Å². The quantitative estimate of drug-likeness (QED) is 0.244. The highest BCUT2D eigenvalue weighted by Gasteiger charge is 2.36. The number of aromatic hydroxyl groups is 1. The fourth-order valence-electron chi connectivity index (χ4n) is 3.89. The molecule has 0 aliphatic rings. The highest BCUT2D eigenvalue weighted by Crippen LogP contribution is 2.27. The highest BCUT2D eigenvalue weighted by molar-refractivity contribution is 7.98. The van der Waals surface area contributed by atoms with E-state index >= 15 is 0 Å². The number of hydrogen-bond acceptors (Lipinski definition) is 6. The van der Waals surface area contributed by atoms with Crippen molar-refractivity contribution in [3.63, 3.8) is 0 Å². The van der Waals surface area contributed by atoms with E-state index in [-0.39, 0.29) is 17.6 Å². The third-order valence-corrected chi connectivity index (χ3v) is 6.35. The van der Waals surface area contributed by atoms with Crippen LogP contribution in [0.3, 0.4) is 0 Å². The predicted octanol–water partition coefficient (Wildman–Crippen LogP) is 5.40. The second-order valence-corrected chi connectivity index (χ2v) is 11.2. The van der Waals surface area contributed by atoms with Gasteiger partial charge in [0, 0.05) is 13.1 Å². The van der Waals surface area contributed by atoms with Crippen LogP contribution >= 0.6 is 11.8 Å². The fraction of sp³-hybridized carbons (Fsp3) is 0.679. The molecule has 0 saturated heterocycles. The van der Waals surface area contributed by atoms with Crippen molar-refractivity contribution in [2.45, 2.75) is 97.2 Å². The number of amides is 3. The maximum absolute atomic E-state index is 14.0. The number of carbonyl (C=O) groups is 3. The van der Waals surface area contributed by atoms with Crippen molar-refractivity contribution in [2.24, 2.45) is 0 Å². The van der Waals surface area contributed by atoms with Crippen molar-refractivity contribution in [3.05, 3.63) is 29.8 Å². The van der Waals surface area contributed by atoms with Crippen LogP contribution in [0.15, 0.2) is 24.3 Å². The van der Waals surface area contributed by atoms with Crippen LogP contribution < -0.4 is 10.6 Å². The molecule has 37 heavy (non-hydrogen) atoms. The fourth-order valence-corrected chi connectivity index (χ4v) is 4.36. The number of hydrogen-bond donors (Lipinski definition) is 3. The van der Waals surface area contributed by atoms with Gasteiger partial charge in [0.05, 0.1) is 0 Å². The number of ether oxygens (including phenoxy) is 1. The molecule has 0 heterocycles. The topological polar surface area (TPSA) is 108 Å². The number of rotatable bonds is 16. The lowest BCUT2D eigenvalue weighted by molar-refractivity contribution is -0.142. The number of benzene rings is 1. The van der Waals surface area contributed by atoms with Gasteiger partial charge >= 0.3 is 6.09 Å². The molecule has 0 saturated carbocycles.